The number of aromatic nitrogens is 3. The van der Waals surface area contributed by atoms with Gasteiger partial charge in [0.1, 0.15) is 18.4 Å². The number of aliphatic hydroxyl groups excluding tert-OH is 1. The second kappa shape index (κ2) is 9.18. The van der Waals surface area contributed by atoms with E-state index >= 15 is 0 Å². The van der Waals surface area contributed by atoms with Crippen LogP contribution in [0.2, 0.25) is 0 Å². The van der Waals surface area contributed by atoms with Gasteiger partial charge in [0.25, 0.3) is 0 Å². The van der Waals surface area contributed by atoms with Crippen molar-refractivity contribution >= 4 is 17.3 Å². The van der Waals surface area contributed by atoms with Gasteiger partial charge in [0.15, 0.2) is 0 Å². The molecule has 3 N–H and O–H groups in total. The molecule has 0 bridgehead atoms. The number of methoxy groups -OCH3 is 1. The smallest absolute Gasteiger partial charge is 0.237 e. The number of aliphatic hydroxyl groups is 1. The highest BCUT2D eigenvalue weighted by Gasteiger charge is 2.35. The normalized spacial score (nSPS) is 16.7. The third-order valence-electron chi connectivity index (χ3n) is 5.41. The summed E-state index contributed by atoms with van der Waals surface area (Å²) < 4.78 is 10.7. The van der Waals surface area contributed by atoms with Gasteiger partial charge in [0, 0.05) is 37.0 Å². The first kappa shape index (κ1) is 21.5. The quantitative estimate of drug-likeness (QED) is 0.461. The van der Waals surface area contributed by atoms with Crippen molar-refractivity contribution in [2.24, 2.45) is 0 Å². The van der Waals surface area contributed by atoms with Crippen LogP contribution in [0.1, 0.15) is 18.1 Å². The molecule has 0 saturated heterocycles. The van der Waals surface area contributed by atoms with Crippen LogP contribution in [0.15, 0.2) is 42.7 Å². The molecule has 0 amide bonds. The summed E-state index contributed by atoms with van der Waals surface area (Å²) in [5.74, 6) is 0.793. The molecule has 164 valence electrons. The molecule has 9 nitrogen and oxygen atoms in total. The highest BCUT2D eigenvalue weighted by atomic mass is 16.5. The number of rotatable bonds is 8. The Labute approximate surface area is 186 Å². The maximum absolute atomic E-state index is 9.92. The number of pyridine rings is 1. The molecule has 32 heavy (non-hydrogen) atoms. The fourth-order valence-electron chi connectivity index (χ4n) is 3.59. The molecular formula is C23H24N6O3. The predicted molar refractivity (Wildman–Crippen MR) is 120 cm³/mol. The molecule has 3 aromatic rings. The van der Waals surface area contributed by atoms with Gasteiger partial charge in [-0.05, 0) is 35.9 Å². The summed E-state index contributed by atoms with van der Waals surface area (Å²) in [4.78, 5) is 13.2. The van der Waals surface area contributed by atoms with Crippen LogP contribution >= 0.6 is 0 Å². The van der Waals surface area contributed by atoms with E-state index in [4.69, 9.17) is 9.47 Å². The summed E-state index contributed by atoms with van der Waals surface area (Å²) in [6.07, 6.45) is 3.29. The lowest BCUT2D eigenvalue weighted by molar-refractivity contribution is 0.144. The van der Waals surface area contributed by atoms with Gasteiger partial charge in [-0.2, -0.15) is 5.26 Å². The summed E-state index contributed by atoms with van der Waals surface area (Å²) in [6.45, 7) is 3.33. The molecule has 1 atom stereocenters. The Morgan fingerprint density at radius 2 is 2.12 bits per heavy atom. The van der Waals surface area contributed by atoms with Crippen molar-refractivity contribution < 1.29 is 14.6 Å². The zero-order valence-electron chi connectivity index (χ0n) is 17.9. The third-order valence-corrected chi connectivity index (χ3v) is 5.41. The monoisotopic (exact) mass is 432 g/mol. The molecule has 1 aliphatic heterocycles. The lowest BCUT2D eigenvalue weighted by atomic mass is 9.83. The molecule has 0 aliphatic carbocycles. The molecule has 1 aromatic carbocycles. The van der Waals surface area contributed by atoms with Crippen molar-refractivity contribution in [1.29, 1.82) is 5.26 Å². The van der Waals surface area contributed by atoms with Gasteiger partial charge in [0.05, 0.1) is 30.2 Å². The third kappa shape index (κ3) is 4.19. The molecule has 0 spiro atoms. The summed E-state index contributed by atoms with van der Waals surface area (Å²) in [6, 6.07) is 11.4. The van der Waals surface area contributed by atoms with Gasteiger partial charge in [-0.1, -0.05) is 6.92 Å². The summed E-state index contributed by atoms with van der Waals surface area (Å²) in [7, 11) is 1.61. The van der Waals surface area contributed by atoms with Gasteiger partial charge in [-0.3, -0.25) is 0 Å². The van der Waals surface area contributed by atoms with Crippen molar-refractivity contribution in [2.75, 3.05) is 44.1 Å². The van der Waals surface area contributed by atoms with Crippen LogP contribution in [-0.2, 0) is 10.2 Å². The fraction of sp³-hybridized carbons (Fsp3) is 0.304. The van der Waals surface area contributed by atoms with E-state index in [-0.39, 0.29) is 6.61 Å². The molecule has 4 rings (SSSR count). The highest BCUT2D eigenvalue weighted by Crippen LogP contribution is 2.41. The Morgan fingerprint density at radius 3 is 2.91 bits per heavy atom. The standard InChI is InChI=1S/C23H24N6O3/c1-23(14-30)13-27-20-16(12-24)10-15(11-17(20)23)18-5-7-26-22(28-18)29-19-4-3-6-25-21(19)32-9-8-31-2/h3-7,10-11,27,30H,8-9,13-14H2,1-2H3,(H,26,28,29)/t23-/m1/s1. The first-order chi connectivity index (χ1) is 15.6. The number of ether oxygens (including phenoxy) is 2. The molecule has 3 heterocycles. The Balaban J connectivity index is 1.66. The number of hydrogen-bond acceptors (Lipinski definition) is 9. The molecular weight excluding hydrogens is 408 g/mol. The number of benzene rings is 1. The summed E-state index contributed by atoms with van der Waals surface area (Å²) in [5.41, 5.74) is 3.79. The molecule has 0 saturated carbocycles. The number of anilines is 3. The van der Waals surface area contributed by atoms with E-state index in [2.05, 4.69) is 31.7 Å². The first-order valence-corrected chi connectivity index (χ1v) is 10.2. The molecule has 0 unspecified atom stereocenters. The number of fused-ring (bicyclic) bond motifs is 1. The van der Waals surface area contributed by atoms with Crippen molar-refractivity contribution in [3.63, 3.8) is 0 Å². The minimum absolute atomic E-state index is 0.0231. The van der Waals surface area contributed by atoms with Crippen LogP contribution in [0.5, 0.6) is 5.88 Å². The Kier molecular flexibility index (Phi) is 6.16. The van der Waals surface area contributed by atoms with Crippen molar-refractivity contribution in [2.45, 2.75) is 12.3 Å². The van der Waals surface area contributed by atoms with Crippen LogP contribution in [0.4, 0.5) is 17.3 Å². The predicted octanol–water partition coefficient (Wildman–Crippen LogP) is 2.85. The largest absolute Gasteiger partial charge is 0.474 e. The number of nitrogens with one attached hydrogen (secondary N) is 2. The van der Waals surface area contributed by atoms with Gasteiger partial charge in [-0.15, -0.1) is 0 Å². The Morgan fingerprint density at radius 1 is 1.25 bits per heavy atom. The molecule has 1 aliphatic rings. The molecule has 9 heteroatoms. The van der Waals surface area contributed by atoms with Gasteiger partial charge < -0.3 is 25.2 Å². The minimum Gasteiger partial charge on any atom is -0.474 e. The zero-order valence-corrected chi connectivity index (χ0v) is 17.9. The Hall–Kier alpha value is -3.74. The minimum atomic E-state index is -0.463. The molecule has 0 fully saturated rings. The lowest BCUT2D eigenvalue weighted by Crippen LogP contribution is -2.28. The van der Waals surface area contributed by atoms with Gasteiger partial charge in [-0.25, -0.2) is 15.0 Å². The SMILES string of the molecule is COCCOc1ncccc1Nc1nccc(-c2cc(C#N)c3c(c2)[C@@](C)(CO)CN3)n1. The maximum Gasteiger partial charge on any atom is 0.237 e. The average Bonchev–Trinajstić information content (AvgIpc) is 3.17. The topological polar surface area (TPSA) is 125 Å². The van der Waals surface area contributed by atoms with Gasteiger partial charge >= 0.3 is 0 Å². The second-order valence-electron chi connectivity index (χ2n) is 7.72. The highest BCUT2D eigenvalue weighted by molar-refractivity contribution is 5.76. The van der Waals surface area contributed by atoms with E-state index in [1.165, 1.54) is 0 Å². The van der Waals surface area contributed by atoms with E-state index in [9.17, 15) is 10.4 Å². The molecule has 0 radical (unpaired) electrons. The van der Waals surface area contributed by atoms with Crippen LogP contribution in [0.25, 0.3) is 11.3 Å². The summed E-state index contributed by atoms with van der Waals surface area (Å²) >= 11 is 0. The van der Waals surface area contributed by atoms with Crippen LogP contribution < -0.4 is 15.4 Å². The van der Waals surface area contributed by atoms with E-state index in [1.54, 1.807) is 37.7 Å². The maximum atomic E-state index is 9.92. The number of hydrogen-bond donors (Lipinski definition) is 3. The first-order valence-electron chi connectivity index (χ1n) is 10.2. The van der Waals surface area contributed by atoms with Crippen molar-refractivity contribution in [3.05, 3.63) is 53.9 Å². The van der Waals surface area contributed by atoms with Gasteiger partial charge in [0.2, 0.25) is 11.8 Å². The second-order valence-corrected chi connectivity index (χ2v) is 7.72. The lowest BCUT2D eigenvalue weighted by Gasteiger charge is -2.21. The zero-order chi connectivity index (χ0) is 22.6. The van der Waals surface area contributed by atoms with Crippen LogP contribution in [0.3, 0.4) is 0 Å². The average molecular weight is 432 g/mol. The van der Waals surface area contributed by atoms with E-state index in [0.717, 1.165) is 16.8 Å². The van der Waals surface area contributed by atoms with E-state index in [0.29, 0.717) is 48.5 Å². The number of nitrogens with zero attached hydrogens (tertiary/aromatic N) is 4. The Bertz CT molecular complexity index is 1160. The fourth-order valence-corrected chi connectivity index (χ4v) is 3.59. The van der Waals surface area contributed by atoms with Crippen molar-refractivity contribution in [3.8, 4) is 23.2 Å². The summed E-state index contributed by atoms with van der Waals surface area (Å²) in [5, 5.41) is 26.0. The van der Waals surface area contributed by atoms with Crippen LogP contribution in [-0.4, -0.2) is 53.5 Å². The van der Waals surface area contributed by atoms with E-state index < -0.39 is 5.41 Å². The van der Waals surface area contributed by atoms with E-state index in [1.807, 2.05) is 19.1 Å². The number of nitriles is 1. The molecule has 2 aromatic heterocycles. The van der Waals surface area contributed by atoms with Crippen molar-refractivity contribution in [1.82, 2.24) is 15.0 Å². The van der Waals surface area contributed by atoms with Crippen LogP contribution in [0, 0.1) is 11.3 Å².